The quantitative estimate of drug-likeness (QED) is 0.342. The van der Waals surface area contributed by atoms with Crippen molar-refractivity contribution >= 4 is 5.57 Å². The highest BCUT2D eigenvalue weighted by Crippen LogP contribution is 2.45. The molecule has 2 aliphatic carbocycles. The van der Waals surface area contributed by atoms with Gasteiger partial charge in [-0.15, -0.1) is 0 Å². The highest BCUT2D eigenvalue weighted by atomic mass is 19.2. The van der Waals surface area contributed by atoms with E-state index in [-0.39, 0.29) is 0 Å². The number of hydrogen-bond donors (Lipinski definition) is 0. The van der Waals surface area contributed by atoms with Gasteiger partial charge in [0.15, 0.2) is 11.6 Å². The molecule has 162 valence electrons. The molecule has 1 aromatic carbocycles. The minimum absolute atomic E-state index is 0.666. The van der Waals surface area contributed by atoms with Crippen LogP contribution >= 0.6 is 0 Å². The van der Waals surface area contributed by atoms with Crippen molar-refractivity contribution in [2.75, 3.05) is 0 Å². The molecule has 1 saturated carbocycles. The third-order valence-corrected chi connectivity index (χ3v) is 7.60. The molecule has 0 aliphatic heterocycles. The molecule has 0 bridgehead atoms. The number of allylic oxidation sites excluding steroid dienone is 2. The second-order valence-electron chi connectivity index (χ2n) is 9.76. The van der Waals surface area contributed by atoms with Crippen LogP contribution in [0.3, 0.4) is 0 Å². The van der Waals surface area contributed by atoms with Gasteiger partial charge in [0.1, 0.15) is 0 Å². The van der Waals surface area contributed by atoms with Crippen LogP contribution in [0.2, 0.25) is 0 Å². The smallest absolute Gasteiger partial charge is 0.159 e. The third-order valence-electron chi connectivity index (χ3n) is 7.60. The van der Waals surface area contributed by atoms with Crippen LogP contribution in [-0.4, -0.2) is 0 Å². The van der Waals surface area contributed by atoms with Gasteiger partial charge in [0.05, 0.1) is 0 Å². The van der Waals surface area contributed by atoms with Crippen LogP contribution in [0.25, 0.3) is 5.57 Å². The number of rotatable bonds is 10. The average Bonchev–Trinajstić information content (AvgIpc) is 2.75. The van der Waals surface area contributed by atoms with Gasteiger partial charge in [0.25, 0.3) is 0 Å². The van der Waals surface area contributed by atoms with Crippen LogP contribution in [0.1, 0.15) is 115 Å². The molecular formula is C27H40F2. The molecule has 0 heterocycles. The number of halogens is 2. The minimum atomic E-state index is -0.756. The highest BCUT2D eigenvalue weighted by molar-refractivity contribution is 5.66. The second kappa shape index (κ2) is 11.3. The second-order valence-corrected chi connectivity index (χ2v) is 9.76. The zero-order valence-corrected chi connectivity index (χ0v) is 18.5. The molecule has 1 unspecified atom stereocenters. The Kier molecular flexibility index (Phi) is 8.75. The SMILES string of the molecule is CCCCCC1(CCCCC2CC=C(c3ccc(F)c(F)c3)CC2)CCCCC1. The normalized spacial score (nSPS) is 21.8. The van der Waals surface area contributed by atoms with E-state index in [1.165, 1.54) is 108 Å². The molecule has 1 atom stereocenters. The summed E-state index contributed by atoms with van der Waals surface area (Å²) in [6.45, 7) is 2.31. The lowest BCUT2D eigenvalue weighted by Gasteiger charge is -2.38. The lowest BCUT2D eigenvalue weighted by atomic mass is 9.68. The minimum Gasteiger partial charge on any atom is -0.204 e. The molecule has 0 N–H and O–H groups in total. The highest BCUT2D eigenvalue weighted by Gasteiger charge is 2.30. The van der Waals surface area contributed by atoms with E-state index in [4.69, 9.17) is 0 Å². The first-order chi connectivity index (χ1) is 14.1. The van der Waals surface area contributed by atoms with Gasteiger partial charge in [-0.1, -0.05) is 76.9 Å². The van der Waals surface area contributed by atoms with E-state index in [1.54, 1.807) is 6.07 Å². The van der Waals surface area contributed by atoms with Crippen LogP contribution in [0.15, 0.2) is 24.3 Å². The van der Waals surface area contributed by atoms with Gasteiger partial charge in [-0.2, -0.15) is 0 Å². The van der Waals surface area contributed by atoms with Crippen molar-refractivity contribution in [1.82, 2.24) is 0 Å². The average molecular weight is 403 g/mol. The van der Waals surface area contributed by atoms with E-state index in [9.17, 15) is 8.78 Å². The van der Waals surface area contributed by atoms with Gasteiger partial charge >= 0.3 is 0 Å². The zero-order valence-electron chi connectivity index (χ0n) is 18.5. The summed E-state index contributed by atoms with van der Waals surface area (Å²) < 4.78 is 26.7. The predicted octanol–water partition coefficient (Wildman–Crippen LogP) is 9.24. The van der Waals surface area contributed by atoms with Crippen molar-refractivity contribution in [3.63, 3.8) is 0 Å². The Bertz CT molecular complexity index is 655. The fourth-order valence-electron chi connectivity index (χ4n) is 5.72. The summed E-state index contributed by atoms with van der Waals surface area (Å²) >= 11 is 0. The van der Waals surface area contributed by atoms with Crippen molar-refractivity contribution in [3.8, 4) is 0 Å². The predicted molar refractivity (Wildman–Crippen MR) is 120 cm³/mol. The lowest BCUT2D eigenvalue weighted by molar-refractivity contribution is 0.146. The van der Waals surface area contributed by atoms with E-state index < -0.39 is 11.6 Å². The molecule has 0 amide bonds. The molecule has 1 aromatic rings. The van der Waals surface area contributed by atoms with E-state index in [0.29, 0.717) is 5.41 Å². The molecule has 3 rings (SSSR count). The molecule has 0 aromatic heterocycles. The van der Waals surface area contributed by atoms with Crippen LogP contribution in [0.4, 0.5) is 8.78 Å². The molecule has 0 spiro atoms. The van der Waals surface area contributed by atoms with Crippen molar-refractivity contribution in [1.29, 1.82) is 0 Å². The standard InChI is InChI=1S/C27H40F2/c1-2-3-6-17-27(18-7-4-8-19-27)20-9-5-10-22-11-13-23(14-12-22)24-15-16-25(28)26(29)21-24/h13,15-16,21-22H,2-12,14,17-20H2,1H3. The van der Waals surface area contributed by atoms with Crippen LogP contribution in [0.5, 0.6) is 0 Å². The van der Waals surface area contributed by atoms with Crippen molar-refractivity contribution in [2.24, 2.45) is 11.3 Å². The summed E-state index contributed by atoms with van der Waals surface area (Å²) in [4.78, 5) is 0. The topological polar surface area (TPSA) is 0 Å². The molecule has 0 nitrogen and oxygen atoms in total. The van der Waals surface area contributed by atoms with E-state index >= 15 is 0 Å². The molecule has 2 aliphatic rings. The molecule has 0 radical (unpaired) electrons. The Labute approximate surface area is 177 Å². The van der Waals surface area contributed by atoms with Crippen LogP contribution < -0.4 is 0 Å². The zero-order chi connectivity index (χ0) is 20.5. The van der Waals surface area contributed by atoms with Gasteiger partial charge in [0, 0.05) is 0 Å². The van der Waals surface area contributed by atoms with Crippen molar-refractivity contribution in [2.45, 2.75) is 110 Å². The van der Waals surface area contributed by atoms with Gasteiger partial charge in [-0.3, -0.25) is 0 Å². The summed E-state index contributed by atoms with van der Waals surface area (Å²) in [5, 5.41) is 0. The van der Waals surface area contributed by atoms with E-state index in [1.807, 2.05) is 0 Å². The largest absolute Gasteiger partial charge is 0.204 e. The maximum Gasteiger partial charge on any atom is 0.159 e. The maximum atomic E-state index is 13.5. The third kappa shape index (κ3) is 6.66. The fourth-order valence-corrected chi connectivity index (χ4v) is 5.72. The van der Waals surface area contributed by atoms with Crippen LogP contribution in [-0.2, 0) is 0 Å². The summed E-state index contributed by atoms with van der Waals surface area (Å²) in [7, 11) is 0. The Morgan fingerprint density at radius 3 is 2.34 bits per heavy atom. The van der Waals surface area contributed by atoms with Crippen molar-refractivity contribution in [3.05, 3.63) is 41.5 Å². The Morgan fingerprint density at radius 2 is 1.69 bits per heavy atom. The molecule has 0 saturated heterocycles. The maximum absolute atomic E-state index is 13.5. The molecule has 2 heteroatoms. The monoisotopic (exact) mass is 402 g/mol. The van der Waals surface area contributed by atoms with Gasteiger partial charge in [-0.25, -0.2) is 8.78 Å². The van der Waals surface area contributed by atoms with Gasteiger partial charge in [-0.05, 0) is 79.5 Å². The van der Waals surface area contributed by atoms with Gasteiger partial charge in [0.2, 0.25) is 0 Å². The molecule has 29 heavy (non-hydrogen) atoms. The summed E-state index contributed by atoms with van der Waals surface area (Å²) in [6.07, 6.45) is 24.0. The first-order valence-electron chi connectivity index (χ1n) is 12.3. The summed E-state index contributed by atoms with van der Waals surface area (Å²) in [5.41, 5.74) is 2.71. The van der Waals surface area contributed by atoms with Crippen LogP contribution in [0, 0.1) is 23.0 Å². The van der Waals surface area contributed by atoms with Crippen molar-refractivity contribution < 1.29 is 8.78 Å². The number of unbranched alkanes of at least 4 members (excludes halogenated alkanes) is 3. The molecular weight excluding hydrogens is 362 g/mol. The van der Waals surface area contributed by atoms with E-state index in [0.717, 1.165) is 24.3 Å². The number of hydrogen-bond acceptors (Lipinski definition) is 0. The Balaban J connectivity index is 1.41. The Morgan fingerprint density at radius 1 is 0.931 bits per heavy atom. The first-order valence-corrected chi connectivity index (χ1v) is 12.3. The number of benzene rings is 1. The Hall–Kier alpha value is -1.18. The summed E-state index contributed by atoms with van der Waals surface area (Å²) in [5.74, 6) is -0.721. The first kappa shape index (κ1) is 22.5. The van der Waals surface area contributed by atoms with E-state index in [2.05, 4.69) is 13.0 Å². The summed E-state index contributed by atoms with van der Waals surface area (Å²) in [6, 6.07) is 4.32. The lowest BCUT2D eigenvalue weighted by Crippen LogP contribution is -2.24. The molecule has 1 fully saturated rings. The van der Waals surface area contributed by atoms with Gasteiger partial charge < -0.3 is 0 Å². The fraction of sp³-hybridized carbons (Fsp3) is 0.704.